The lowest BCUT2D eigenvalue weighted by atomic mass is 9.86. The number of ketones is 1. The zero-order valence-corrected chi connectivity index (χ0v) is 21.5. The summed E-state index contributed by atoms with van der Waals surface area (Å²) in [5.41, 5.74) is -2.62. The number of hydrogen-bond donors (Lipinski definition) is 1. The number of ether oxygens (including phenoxy) is 1. The van der Waals surface area contributed by atoms with Crippen molar-refractivity contribution in [3.63, 3.8) is 0 Å². The highest BCUT2D eigenvalue weighted by Crippen LogP contribution is 2.37. The van der Waals surface area contributed by atoms with Crippen LogP contribution in [0.15, 0.2) is 41.2 Å². The smallest absolute Gasteiger partial charge is 0.387 e. The Kier molecular flexibility index (Phi) is 6.56. The van der Waals surface area contributed by atoms with Gasteiger partial charge in [0.1, 0.15) is 11.6 Å². The second-order valence-corrected chi connectivity index (χ2v) is 12.5. The van der Waals surface area contributed by atoms with Gasteiger partial charge < -0.3 is 9.84 Å². The van der Waals surface area contributed by atoms with E-state index in [2.05, 4.69) is 4.74 Å². The topological polar surface area (TPSA) is 108 Å². The Hall–Kier alpha value is -3.12. The predicted molar refractivity (Wildman–Crippen MR) is 131 cm³/mol. The van der Waals surface area contributed by atoms with Gasteiger partial charge in [0.25, 0.3) is 0 Å². The quantitative estimate of drug-likeness (QED) is 0.435. The lowest BCUT2D eigenvalue weighted by Gasteiger charge is -2.37. The normalized spacial score (nSPS) is 17.5. The van der Waals surface area contributed by atoms with Crippen molar-refractivity contribution >= 4 is 26.7 Å². The van der Waals surface area contributed by atoms with Crippen LogP contribution >= 0.6 is 0 Å². The summed E-state index contributed by atoms with van der Waals surface area (Å²) in [4.78, 5) is 26.7. The number of hydrogen-bond acceptors (Lipinski definition) is 6. The molecule has 37 heavy (non-hydrogen) atoms. The monoisotopic (exact) mass is 540 g/mol. The van der Waals surface area contributed by atoms with Crippen LogP contribution in [0.2, 0.25) is 0 Å². The zero-order valence-electron chi connectivity index (χ0n) is 20.7. The maximum Gasteiger partial charge on any atom is 0.387 e. The first-order chi connectivity index (χ1) is 17.0. The highest BCUT2D eigenvalue weighted by molar-refractivity contribution is 7.92. The Bertz CT molecular complexity index is 1540. The summed E-state index contributed by atoms with van der Waals surface area (Å²) in [6, 6.07) is 6.34. The van der Waals surface area contributed by atoms with Crippen LogP contribution in [0.5, 0.6) is 5.75 Å². The van der Waals surface area contributed by atoms with Crippen LogP contribution in [-0.4, -0.2) is 52.2 Å². The van der Waals surface area contributed by atoms with Crippen LogP contribution in [0.1, 0.15) is 50.5 Å². The molecule has 1 saturated heterocycles. The number of halogens is 3. The fourth-order valence-electron chi connectivity index (χ4n) is 4.77. The molecule has 4 rings (SSSR count). The van der Waals surface area contributed by atoms with Gasteiger partial charge in [0.2, 0.25) is 0 Å². The van der Waals surface area contributed by atoms with Gasteiger partial charge in [0.15, 0.2) is 15.6 Å². The minimum absolute atomic E-state index is 0.0225. The molecule has 0 saturated carbocycles. The van der Waals surface area contributed by atoms with Crippen molar-refractivity contribution in [2.24, 2.45) is 5.41 Å². The summed E-state index contributed by atoms with van der Waals surface area (Å²) in [7, 11) is -3.16. The third-order valence-corrected chi connectivity index (χ3v) is 8.99. The Morgan fingerprint density at radius 1 is 1.16 bits per heavy atom. The summed E-state index contributed by atoms with van der Waals surface area (Å²) in [6.45, 7) is 3.10. The number of carbonyl (C=O) groups excluding carboxylic acids is 1. The predicted octanol–water partition coefficient (Wildman–Crippen LogP) is 3.87. The molecule has 3 aromatic rings. The van der Waals surface area contributed by atoms with Gasteiger partial charge in [-0.05, 0) is 51.1 Å². The Morgan fingerprint density at radius 3 is 2.38 bits per heavy atom. The van der Waals surface area contributed by atoms with Gasteiger partial charge >= 0.3 is 12.3 Å². The minimum Gasteiger partial charge on any atom is -0.435 e. The molecule has 8 nitrogen and oxygen atoms in total. The first kappa shape index (κ1) is 26.9. The van der Waals surface area contributed by atoms with E-state index in [9.17, 15) is 36.3 Å². The third kappa shape index (κ3) is 5.17. The van der Waals surface area contributed by atoms with Gasteiger partial charge in [0.05, 0.1) is 39.9 Å². The van der Waals surface area contributed by atoms with Crippen molar-refractivity contribution in [2.75, 3.05) is 11.5 Å². The number of aromatic nitrogens is 2. The highest BCUT2D eigenvalue weighted by atomic mass is 32.2. The fourth-order valence-corrected chi connectivity index (χ4v) is 7.01. The number of alkyl halides is 2. The summed E-state index contributed by atoms with van der Waals surface area (Å²) in [6.07, 6.45) is -0.0225. The summed E-state index contributed by atoms with van der Waals surface area (Å²) >= 11 is 0. The maximum absolute atomic E-state index is 14.9. The van der Waals surface area contributed by atoms with Gasteiger partial charge in [-0.25, -0.2) is 17.6 Å². The van der Waals surface area contributed by atoms with Crippen LogP contribution in [0.4, 0.5) is 13.2 Å². The second kappa shape index (κ2) is 9.02. The molecule has 0 spiro atoms. The molecule has 1 fully saturated rings. The molecule has 1 aromatic heterocycles. The van der Waals surface area contributed by atoms with Gasteiger partial charge in [0, 0.05) is 23.5 Å². The van der Waals surface area contributed by atoms with Crippen LogP contribution in [0.3, 0.4) is 0 Å². The molecule has 0 radical (unpaired) electrons. The number of imidazole rings is 1. The van der Waals surface area contributed by atoms with Crippen LogP contribution in [0, 0.1) is 11.2 Å². The van der Waals surface area contributed by atoms with Gasteiger partial charge in [-0.2, -0.15) is 8.78 Å². The number of rotatable bonds is 8. The van der Waals surface area contributed by atoms with Crippen molar-refractivity contribution in [3.05, 3.63) is 58.3 Å². The zero-order chi connectivity index (χ0) is 27.5. The molecular formula is C25H27F3N2O6S. The van der Waals surface area contributed by atoms with E-state index >= 15 is 0 Å². The lowest BCUT2D eigenvalue weighted by molar-refractivity contribution is -0.0498. The summed E-state index contributed by atoms with van der Waals surface area (Å²) in [5, 5.41) is 10.7. The Balaban J connectivity index is 1.88. The molecule has 0 aliphatic carbocycles. The van der Waals surface area contributed by atoms with Crippen molar-refractivity contribution in [2.45, 2.75) is 52.4 Å². The molecule has 0 amide bonds. The number of nitrogens with zero attached hydrogens (tertiary/aromatic N) is 2. The molecular weight excluding hydrogens is 513 g/mol. The molecule has 2 aromatic carbocycles. The van der Waals surface area contributed by atoms with Crippen LogP contribution in [-0.2, 0) is 9.84 Å². The molecule has 1 N–H and O–H groups in total. The molecule has 12 heteroatoms. The van der Waals surface area contributed by atoms with Crippen LogP contribution in [0.25, 0.3) is 16.7 Å². The van der Waals surface area contributed by atoms with Crippen molar-refractivity contribution in [1.82, 2.24) is 9.13 Å². The van der Waals surface area contributed by atoms with E-state index in [0.29, 0.717) is 0 Å². The number of aliphatic hydroxyl groups is 1. The fraction of sp³-hybridized carbons (Fsp3) is 0.440. The molecule has 200 valence electrons. The molecule has 1 atom stereocenters. The highest BCUT2D eigenvalue weighted by Gasteiger charge is 2.45. The van der Waals surface area contributed by atoms with Crippen molar-refractivity contribution in [3.8, 4) is 11.4 Å². The van der Waals surface area contributed by atoms with E-state index < -0.39 is 45.0 Å². The minimum atomic E-state index is -3.16. The van der Waals surface area contributed by atoms with Gasteiger partial charge in [-0.1, -0.05) is 6.92 Å². The standard InChI is InChI=1S/C25H27F3N2O6S/c1-14(24(2,3)33)29-20-9-15(21(31)11-25(4)12-37(34,35)13-25)5-8-18(20)30(23(29)32)19-10-16(36-22(27)28)6-7-17(19)26/h5-10,14,22,33H,11-13H2,1-4H3. The Morgan fingerprint density at radius 2 is 1.81 bits per heavy atom. The maximum atomic E-state index is 14.9. The largest absolute Gasteiger partial charge is 0.435 e. The molecule has 0 bridgehead atoms. The SMILES string of the molecule is CC(n1c(=O)n(-c2cc(OC(F)F)ccc2F)c2ccc(C(=O)CC3(C)CS(=O)(=O)C3)cc21)C(C)(C)O. The lowest BCUT2D eigenvalue weighted by Crippen LogP contribution is -2.47. The number of Topliss-reactive ketones (excluding diaryl/α,β-unsaturated/α-hetero) is 1. The summed E-state index contributed by atoms with van der Waals surface area (Å²) < 4.78 is 70.2. The van der Waals surface area contributed by atoms with E-state index in [1.807, 2.05) is 0 Å². The van der Waals surface area contributed by atoms with E-state index in [4.69, 9.17) is 0 Å². The molecule has 1 unspecified atom stereocenters. The molecule has 2 heterocycles. The number of sulfone groups is 1. The number of carbonyl (C=O) groups is 1. The average Bonchev–Trinajstić information content (AvgIpc) is 3.02. The molecule has 1 aliphatic heterocycles. The first-order valence-corrected chi connectivity index (χ1v) is 13.3. The number of benzene rings is 2. The van der Waals surface area contributed by atoms with E-state index in [0.717, 1.165) is 22.8 Å². The van der Waals surface area contributed by atoms with Crippen LogP contribution < -0.4 is 10.4 Å². The first-order valence-electron chi connectivity index (χ1n) is 11.5. The van der Waals surface area contributed by atoms with E-state index in [1.165, 1.54) is 36.6 Å². The van der Waals surface area contributed by atoms with E-state index in [-0.39, 0.29) is 51.7 Å². The second-order valence-electron chi connectivity index (χ2n) is 10.5. The molecule has 1 aliphatic rings. The average molecular weight is 541 g/mol. The van der Waals surface area contributed by atoms with Crippen molar-refractivity contribution < 1.29 is 36.2 Å². The van der Waals surface area contributed by atoms with Crippen molar-refractivity contribution in [1.29, 1.82) is 0 Å². The van der Waals surface area contributed by atoms with E-state index in [1.54, 1.807) is 13.8 Å². The van der Waals surface area contributed by atoms with Gasteiger partial charge in [-0.15, -0.1) is 0 Å². The van der Waals surface area contributed by atoms with Gasteiger partial charge in [-0.3, -0.25) is 13.9 Å². The third-order valence-electron chi connectivity index (χ3n) is 6.71. The Labute approximate surface area is 211 Å². The number of fused-ring (bicyclic) bond motifs is 1. The summed E-state index contributed by atoms with van der Waals surface area (Å²) in [5.74, 6) is -1.76.